The van der Waals surface area contributed by atoms with Crippen LogP contribution in [0.15, 0.2) is 79.3 Å². The molecular weight excluding hydrogens is 490 g/mol. The van der Waals surface area contributed by atoms with Crippen molar-refractivity contribution in [3.63, 3.8) is 0 Å². The first-order valence-electron chi connectivity index (χ1n) is 12.7. The predicted octanol–water partition coefficient (Wildman–Crippen LogP) is 4.70. The predicted molar refractivity (Wildman–Crippen MR) is 153 cm³/mol. The molecule has 0 bridgehead atoms. The van der Waals surface area contributed by atoms with Crippen LogP contribution < -0.4 is 10.6 Å². The van der Waals surface area contributed by atoms with E-state index >= 15 is 0 Å². The van der Waals surface area contributed by atoms with E-state index in [0.29, 0.717) is 11.2 Å². The van der Waals surface area contributed by atoms with Gasteiger partial charge in [0.1, 0.15) is 0 Å². The summed E-state index contributed by atoms with van der Waals surface area (Å²) >= 11 is 0. The van der Waals surface area contributed by atoms with E-state index in [9.17, 15) is 9.59 Å². The number of rotatable bonds is 7. The van der Waals surface area contributed by atoms with E-state index in [1.165, 1.54) is 6.08 Å². The molecule has 2 N–H and O–H groups in total. The molecule has 3 heterocycles. The van der Waals surface area contributed by atoms with Gasteiger partial charge in [0.2, 0.25) is 5.95 Å². The summed E-state index contributed by atoms with van der Waals surface area (Å²) in [5, 5.41) is 11.0. The number of aromatic nitrogens is 4. The van der Waals surface area contributed by atoms with Gasteiger partial charge in [-0.25, -0.2) is 4.52 Å². The summed E-state index contributed by atoms with van der Waals surface area (Å²) in [6.45, 7) is 4.04. The molecular formula is C30H31N7O2. The normalized spacial score (nSPS) is 12.2. The molecule has 2 amide bonds. The Kier molecular flexibility index (Phi) is 6.89. The number of aryl methyl sites for hydroxylation is 2. The fourth-order valence-corrected chi connectivity index (χ4v) is 4.53. The molecule has 9 nitrogen and oxygen atoms in total. The first kappa shape index (κ1) is 25.7. The molecule has 0 radical (unpaired) electrons. The zero-order chi connectivity index (χ0) is 27.7. The highest BCUT2D eigenvalue weighted by molar-refractivity contribution is 6.08. The molecule has 9 heteroatoms. The van der Waals surface area contributed by atoms with Crippen LogP contribution in [-0.4, -0.2) is 50.0 Å². The van der Waals surface area contributed by atoms with Gasteiger partial charge in [0.25, 0.3) is 11.8 Å². The third kappa shape index (κ3) is 5.52. The number of pyridine rings is 1. The van der Waals surface area contributed by atoms with Crippen molar-refractivity contribution in [1.29, 1.82) is 0 Å². The summed E-state index contributed by atoms with van der Waals surface area (Å²) in [4.78, 5) is 31.7. The molecule has 198 valence electrons. The van der Waals surface area contributed by atoms with Crippen molar-refractivity contribution in [3.8, 4) is 11.1 Å². The molecule has 0 saturated heterocycles. The molecule has 0 fully saturated rings. The summed E-state index contributed by atoms with van der Waals surface area (Å²) in [5.41, 5.74) is 6.26. The van der Waals surface area contributed by atoms with E-state index in [1.54, 1.807) is 21.8 Å². The lowest BCUT2D eigenvalue weighted by Crippen LogP contribution is -2.26. The molecule has 0 aliphatic heterocycles. The molecule has 5 rings (SSSR count). The summed E-state index contributed by atoms with van der Waals surface area (Å²) in [7, 11) is 5.61. The second-order valence-corrected chi connectivity index (χ2v) is 9.92. The van der Waals surface area contributed by atoms with Crippen LogP contribution in [-0.2, 0) is 11.8 Å². The van der Waals surface area contributed by atoms with Crippen molar-refractivity contribution in [2.45, 2.75) is 19.9 Å². The molecule has 1 atom stereocenters. The number of carbonyl (C=O) groups excluding carboxylic acids is 2. The van der Waals surface area contributed by atoms with Gasteiger partial charge in [0.05, 0.1) is 11.6 Å². The molecule has 0 saturated carbocycles. The van der Waals surface area contributed by atoms with Crippen LogP contribution in [0, 0.1) is 6.92 Å². The third-order valence-electron chi connectivity index (χ3n) is 6.55. The maximum Gasteiger partial charge on any atom is 0.253 e. The Labute approximate surface area is 226 Å². The second-order valence-electron chi connectivity index (χ2n) is 9.92. The third-order valence-corrected chi connectivity index (χ3v) is 6.55. The van der Waals surface area contributed by atoms with E-state index in [2.05, 4.69) is 26.8 Å². The Hall–Kier alpha value is -4.92. The minimum Gasteiger partial charge on any atom is -0.383 e. The lowest BCUT2D eigenvalue weighted by atomic mass is 10.0. The highest BCUT2D eigenvalue weighted by Gasteiger charge is 2.18. The lowest BCUT2D eigenvalue weighted by Gasteiger charge is -2.14. The van der Waals surface area contributed by atoms with Crippen LogP contribution in [0.2, 0.25) is 0 Å². The van der Waals surface area contributed by atoms with Gasteiger partial charge in [-0.1, -0.05) is 35.9 Å². The molecule has 0 unspecified atom stereocenters. The van der Waals surface area contributed by atoms with Gasteiger partial charge >= 0.3 is 0 Å². The molecule has 0 aliphatic rings. The summed E-state index contributed by atoms with van der Waals surface area (Å²) in [5.74, 6) is -0.207. The van der Waals surface area contributed by atoms with Gasteiger partial charge in [0, 0.05) is 56.7 Å². The van der Waals surface area contributed by atoms with Crippen molar-refractivity contribution in [1.82, 2.24) is 29.4 Å². The monoisotopic (exact) mass is 521 g/mol. The van der Waals surface area contributed by atoms with Gasteiger partial charge in [0.15, 0.2) is 5.65 Å². The zero-order valence-electron chi connectivity index (χ0n) is 22.6. The number of hydrogen-bond acceptors (Lipinski definition) is 5. The number of benzene rings is 2. The zero-order valence-corrected chi connectivity index (χ0v) is 22.6. The Morgan fingerprint density at radius 1 is 1.05 bits per heavy atom. The minimum absolute atomic E-state index is 0.122. The Balaban J connectivity index is 1.42. The number of nitrogens with one attached hydrogen (secondary N) is 2. The topological polar surface area (TPSA) is 96.6 Å². The van der Waals surface area contributed by atoms with Crippen LogP contribution in [0.3, 0.4) is 0 Å². The van der Waals surface area contributed by atoms with Crippen molar-refractivity contribution in [3.05, 3.63) is 96.0 Å². The van der Waals surface area contributed by atoms with Crippen LogP contribution in [0.25, 0.3) is 27.7 Å². The number of carbonyl (C=O) groups is 2. The fraction of sp³-hybridized carbons (Fsp3) is 0.200. The smallest absolute Gasteiger partial charge is 0.253 e. The van der Waals surface area contributed by atoms with Crippen LogP contribution >= 0.6 is 0 Å². The van der Waals surface area contributed by atoms with E-state index < -0.39 is 0 Å². The summed E-state index contributed by atoms with van der Waals surface area (Å²) in [6, 6.07) is 17.9. The maximum absolute atomic E-state index is 13.3. The highest BCUT2D eigenvalue weighted by Crippen LogP contribution is 2.29. The Morgan fingerprint density at radius 2 is 1.85 bits per heavy atom. The second kappa shape index (κ2) is 10.4. The van der Waals surface area contributed by atoms with E-state index in [0.717, 1.165) is 33.2 Å². The van der Waals surface area contributed by atoms with E-state index in [-0.39, 0.29) is 23.8 Å². The van der Waals surface area contributed by atoms with Gasteiger partial charge in [-0.15, -0.1) is 5.10 Å². The fourth-order valence-electron chi connectivity index (χ4n) is 4.53. The Morgan fingerprint density at radius 3 is 2.62 bits per heavy atom. The van der Waals surface area contributed by atoms with Gasteiger partial charge < -0.3 is 14.8 Å². The maximum atomic E-state index is 13.3. The first-order chi connectivity index (χ1) is 18.7. The lowest BCUT2D eigenvalue weighted by molar-refractivity contribution is -0.112. The number of nitrogens with zero attached hydrogens (tertiary/aromatic N) is 5. The molecule has 3 aromatic heterocycles. The molecule has 5 aromatic rings. The van der Waals surface area contributed by atoms with Gasteiger partial charge in [-0.3, -0.25) is 14.9 Å². The standard InChI is InChI=1S/C30H31N7O2/c1-19-7-6-8-21(15-19)20(2)31-29(39)25-18-36(5)26-10-9-22(16-24(25)26)23-11-14-37-27(17-23)32-30(34-37)33-28(38)12-13-35(3)4/h6-18,20H,1-5H3,(H,31,39)(H,33,34,38)/b13-12+/t20-/m0/s1. The van der Waals surface area contributed by atoms with E-state index in [4.69, 9.17) is 0 Å². The largest absolute Gasteiger partial charge is 0.383 e. The van der Waals surface area contributed by atoms with Crippen molar-refractivity contribution in [2.75, 3.05) is 19.4 Å². The quantitative estimate of drug-likeness (QED) is 0.303. The number of amides is 2. The SMILES string of the molecule is Cc1cccc([C@H](C)NC(=O)c2cn(C)c3ccc(-c4ccn5nc(NC(=O)/C=C/N(C)C)nc5c4)cc23)c1. The van der Waals surface area contributed by atoms with Crippen molar-refractivity contribution < 1.29 is 9.59 Å². The van der Waals surface area contributed by atoms with Crippen LogP contribution in [0.4, 0.5) is 5.95 Å². The average Bonchev–Trinajstić information content (AvgIpc) is 3.46. The van der Waals surface area contributed by atoms with Gasteiger partial charge in [-0.05, 0) is 54.8 Å². The summed E-state index contributed by atoms with van der Waals surface area (Å²) in [6.07, 6.45) is 6.74. The minimum atomic E-state index is -0.308. The molecule has 0 aliphatic carbocycles. The first-order valence-corrected chi connectivity index (χ1v) is 12.7. The van der Waals surface area contributed by atoms with Crippen LogP contribution in [0.5, 0.6) is 0 Å². The number of fused-ring (bicyclic) bond motifs is 2. The highest BCUT2D eigenvalue weighted by atomic mass is 16.2. The average molecular weight is 522 g/mol. The van der Waals surface area contributed by atoms with Crippen molar-refractivity contribution in [2.24, 2.45) is 7.05 Å². The van der Waals surface area contributed by atoms with Gasteiger partial charge in [-0.2, -0.15) is 4.98 Å². The molecule has 0 spiro atoms. The molecule has 39 heavy (non-hydrogen) atoms. The van der Waals surface area contributed by atoms with E-state index in [1.807, 2.05) is 94.3 Å². The summed E-state index contributed by atoms with van der Waals surface area (Å²) < 4.78 is 3.58. The van der Waals surface area contributed by atoms with Crippen molar-refractivity contribution >= 4 is 34.3 Å². The van der Waals surface area contributed by atoms with Crippen LogP contribution in [0.1, 0.15) is 34.5 Å². The molecule has 2 aromatic carbocycles. The Bertz CT molecular complexity index is 1730. The number of hydrogen-bond donors (Lipinski definition) is 2. The number of anilines is 1.